The second kappa shape index (κ2) is 10.5. The Morgan fingerprint density at radius 2 is 1.63 bits per heavy atom. The number of nitrogens with zero attached hydrogens (tertiary/aromatic N) is 1. The average molecular weight is 485 g/mol. The Morgan fingerprint density at radius 1 is 0.829 bits per heavy atom. The van der Waals surface area contributed by atoms with Gasteiger partial charge in [0.05, 0.1) is 11.3 Å². The number of halogens is 5. The number of alkyl halides is 3. The van der Waals surface area contributed by atoms with Gasteiger partial charge in [-0.1, -0.05) is 36.4 Å². The largest absolute Gasteiger partial charge is 0.419 e. The van der Waals surface area contributed by atoms with E-state index >= 15 is 4.39 Å². The van der Waals surface area contributed by atoms with Crippen LogP contribution in [0.4, 0.5) is 22.0 Å². The van der Waals surface area contributed by atoms with Crippen LogP contribution in [-0.4, -0.2) is 18.7 Å². The number of aryl methyl sites for hydroxylation is 3. The second-order valence-corrected chi connectivity index (χ2v) is 8.43. The highest BCUT2D eigenvalue weighted by molar-refractivity contribution is 5.88. The zero-order chi connectivity index (χ0) is 25.0. The first kappa shape index (κ1) is 24.8. The molecule has 0 unspecified atom stereocenters. The van der Waals surface area contributed by atoms with Crippen LogP contribution in [0.1, 0.15) is 28.7 Å². The van der Waals surface area contributed by atoms with Gasteiger partial charge < -0.3 is 4.74 Å². The van der Waals surface area contributed by atoms with Gasteiger partial charge in [0.2, 0.25) is 0 Å². The Kier molecular flexibility index (Phi) is 7.45. The first-order chi connectivity index (χ1) is 16.8. The molecule has 2 nitrogen and oxygen atoms in total. The molecule has 0 aliphatic carbocycles. The normalized spacial score (nSPS) is 11.8. The van der Waals surface area contributed by atoms with Gasteiger partial charge >= 0.3 is 6.18 Å². The van der Waals surface area contributed by atoms with Crippen molar-refractivity contribution in [3.8, 4) is 11.3 Å². The van der Waals surface area contributed by atoms with Crippen LogP contribution in [0.2, 0.25) is 0 Å². The van der Waals surface area contributed by atoms with Gasteiger partial charge in [0.15, 0.2) is 0 Å². The van der Waals surface area contributed by atoms with E-state index in [0.717, 1.165) is 47.2 Å². The maximum absolute atomic E-state index is 15.2. The number of benzene rings is 3. The van der Waals surface area contributed by atoms with E-state index in [1.807, 2.05) is 36.5 Å². The lowest BCUT2D eigenvalue weighted by Gasteiger charge is -2.11. The third-order valence-corrected chi connectivity index (χ3v) is 5.99. The van der Waals surface area contributed by atoms with Crippen molar-refractivity contribution in [2.24, 2.45) is 0 Å². The first-order valence-electron chi connectivity index (χ1n) is 11.3. The summed E-state index contributed by atoms with van der Waals surface area (Å²) in [6.07, 6.45) is -0.651. The van der Waals surface area contributed by atoms with E-state index in [-0.39, 0.29) is 18.7 Å². The highest BCUT2D eigenvalue weighted by Crippen LogP contribution is 2.32. The van der Waals surface area contributed by atoms with Gasteiger partial charge in [-0.25, -0.2) is 8.78 Å². The molecule has 1 aromatic heterocycles. The van der Waals surface area contributed by atoms with Gasteiger partial charge in [-0.3, -0.25) is 4.98 Å². The van der Waals surface area contributed by atoms with E-state index in [2.05, 4.69) is 4.98 Å². The third-order valence-electron chi connectivity index (χ3n) is 5.99. The quantitative estimate of drug-likeness (QED) is 0.190. The summed E-state index contributed by atoms with van der Waals surface area (Å²) < 4.78 is 72.3. The minimum absolute atomic E-state index is 0.218. The first-order valence-corrected chi connectivity index (χ1v) is 11.3. The molecule has 0 aliphatic heterocycles. The summed E-state index contributed by atoms with van der Waals surface area (Å²) in [5, 5.41) is 1.16. The third kappa shape index (κ3) is 5.85. The summed E-state index contributed by atoms with van der Waals surface area (Å²) in [4.78, 5) is 4.53. The van der Waals surface area contributed by atoms with Gasteiger partial charge in [-0.2, -0.15) is 13.2 Å². The lowest BCUT2D eigenvalue weighted by molar-refractivity contribution is -0.140. The number of hydrogen-bond acceptors (Lipinski definition) is 2. The van der Waals surface area contributed by atoms with Crippen LogP contribution in [0.15, 0.2) is 66.9 Å². The summed E-state index contributed by atoms with van der Waals surface area (Å²) in [6.45, 7) is 0.696. The van der Waals surface area contributed by atoms with Crippen molar-refractivity contribution in [3.63, 3.8) is 0 Å². The van der Waals surface area contributed by atoms with Crippen LogP contribution in [0.3, 0.4) is 0 Å². The molecule has 0 N–H and O–H groups in total. The van der Waals surface area contributed by atoms with E-state index in [1.54, 1.807) is 19.2 Å². The van der Waals surface area contributed by atoms with E-state index in [4.69, 9.17) is 4.74 Å². The minimum atomic E-state index is -4.74. The van der Waals surface area contributed by atoms with Gasteiger partial charge in [0.25, 0.3) is 0 Å². The topological polar surface area (TPSA) is 22.1 Å². The standard InChI is InChI=1S/C28H24F5NO/c1-35-14-2-3-19-6-13-26(34-17-19)22-10-11-23-21(16-22)9-8-20(27(23)30)7-4-18-5-12-24(25(29)15-18)28(31,32)33/h5-6,8-13,15-17H,2-4,7,14H2,1H3. The fourth-order valence-corrected chi connectivity index (χ4v) is 4.08. The van der Waals surface area contributed by atoms with Crippen LogP contribution >= 0.6 is 0 Å². The van der Waals surface area contributed by atoms with Crippen LogP contribution in [0, 0.1) is 11.6 Å². The number of pyridine rings is 1. The Labute approximate surface area is 200 Å². The molecule has 1 heterocycles. The maximum Gasteiger partial charge on any atom is 0.419 e. The van der Waals surface area contributed by atoms with Crippen molar-refractivity contribution >= 4 is 10.8 Å². The molecule has 0 saturated carbocycles. The summed E-state index contributed by atoms with van der Waals surface area (Å²) >= 11 is 0. The van der Waals surface area contributed by atoms with Crippen molar-refractivity contribution in [2.45, 2.75) is 31.9 Å². The van der Waals surface area contributed by atoms with Crippen LogP contribution in [-0.2, 0) is 30.2 Å². The summed E-state index contributed by atoms with van der Waals surface area (Å²) in [6, 6.07) is 15.6. The maximum atomic E-state index is 15.2. The molecule has 4 aromatic rings. The van der Waals surface area contributed by atoms with Crippen molar-refractivity contribution in [2.75, 3.05) is 13.7 Å². The Morgan fingerprint density at radius 3 is 2.31 bits per heavy atom. The molecule has 4 rings (SSSR count). The number of hydrogen-bond donors (Lipinski definition) is 0. The molecule has 0 fully saturated rings. The summed E-state index contributed by atoms with van der Waals surface area (Å²) in [5.41, 5.74) is 2.27. The van der Waals surface area contributed by atoms with Gasteiger partial charge in [0, 0.05) is 30.9 Å². The van der Waals surface area contributed by atoms with Crippen molar-refractivity contribution in [1.82, 2.24) is 4.98 Å². The molecule has 0 spiro atoms. The van der Waals surface area contributed by atoms with E-state index < -0.39 is 17.6 Å². The molecule has 0 amide bonds. The molecule has 0 saturated heterocycles. The molecule has 7 heteroatoms. The molecule has 0 radical (unpaired) electrons. The Balaban J connectivity index is 1.49. The summed E-state index contributed by atoms with van der Waals surface area (Å²) in [5.74, 6) is -1.71. The zero-order valence-electron chi connectivity index (χ0n) is 19.1. The number of ether oxygens (including phenoxy) is 1. The van der Waals surface area contributed by atoms with E-state index in [0.29, 0.717) is 23.1 Å². The number of rotatable bonds is 8. The summed E-state index contributed by atoms with van der Waals surface area (Å²) in [7, 11) is 1.67. The van der Waals surface area contributed by atoms with Crippen LogP contribution < -0.4 is 0 Å². The van der Waals surface area contributed by atoms with Crippen LogP contribution in [0.25, 0.3) is 22.0 Å². The zero-order valence-corrected chi connectivity index (χ0v) is 19.1. The lowest BCUT2D eigenvalue weighted by Crippen LogP contribution is -2.08. The fourth-order valence-electron chi connectivity index (χ4n) is 4.08. The molecule has 35 heavy (non-hydrogen) atoms. The number of fused-ring (bicyclic) bond motifs is 1. The molecule has 3 aromatic carbocycles. The predicted octanol–water partition coefficient (Wildman–Crippen LogP) is 7.56. The number of aromatic nitrogens is 1. The molecule has 0 bridgehead atoms. The van der Waals surface area contributed by atoms with Crippen LogP contribution in [0.5, 0.6) is 0 Å². The minimum Gasteiger partial charge on any atom is -0.385 e. The van der Waals surface area contributed by atoms with Crippen molar-refractivity contribution < 1.29 is 26.7 Å². The highest BCUT2D eigenvalue weighted by Gasteiger charge is 2.33. The molecular weight excluding hydrogens is 461 g/mol. The fraction of sp³-hybridized carbons (Fsp3) is 0.250. The molecule has 182 valence electrons. The Hall–Kier alpha value is -3.32. The number of methoxy groups -OCH3 is 1. The van der Waals surface area contributed by atoms with Gasteiger partial charge in [0.1, 0.15) is 11.6 Å². The predicted molar refractivity (Wildman–Crippen MR) is 126 cm³/mol. The van der Waals surface area contributed by atoms with E-state index in [1.165, 1.54) is 6.07 Å². The molecule has 0 aliphatic rings. The van der Waals surface area contributed by atoms with Crippen molar-refractivity contribution in [1.29, 1.82) is 0 Å². The SMILES string of the molecule is COCCCc1ccc(-c2ccc3c(F)c(CCc4ccc(C(F)(F)F)c(F)c4)ccc3c2)nc1. The molecule has 0 atom stereocenters. The van der Waals surface area contributed by atoms with E-state index in [9.17, 15) is 17.6 Å². The van der Waals surface area contributed by atoms with Crippen molar-refractivity contribution in [3.05, 3.63) is 101 Å². The highest BCUT2D eigenvalue weighted by atomic mass is 19.4. The Bertz CT molecular complexity index is 1320. The second-order valence-electron chi connectivity index (χ2n) is 8.43. The average Bonchev–Trinajstić information content (AvgIpc) is 2.83. The lowest BCUT2D eigenvalue weighted by atomic mass is 9.98. The van der Waals surface area contributed by atoms with Gasteiger partial charge in [-0.05, 0) is 72.0 Å². The van der Waals surface area contributed by atoms with Gasteiger partial charge in [-0.15, -0.1) is 0 Å². The molecular formula is C28H24F5NO. The monoisotopic (exact) mass is 485 g/mol. The smallest absolute Gasteiger partial charge is 0.385 e.